The second-order valence-electron chi connectivity index (χ2n) is 7.79. The molecule has 3 aromatic rings. The molecule has 1 aliphatic rings. The number of carbonyl (C=O) groups excluding carboxylic acids is 1. The van der Waals surface area contributed by atoms with Crippen LogP contribution in [0.4, 0.5) is 4.79 Å². The van der Waals surface area contributed by atoms with Gasteiger partial charge < -0.3 is 29.4 Å². The lowest BCUT2D eigenvalue weighted by molar-refractivity contribution is 0.129. The fourth-order valence-corrected chi connectivity index (χ4v) is 3.70. The van der Waals surface area contributed by atoms with Crippen molar-refractivity contribution < 1.29 is 28.8 Å². The summed E-state index contributed by atoms with van der Waals surface area (Å²) in [5.74, 6) is 1.93. The Morgan fingerprint density at radius 1 is 1.03 bits per heavy atom. The maximum atomic E-state index is 12.3. The van der Waals surface area contributed by atoms with E-state index in [1.165, 1.54) is 0 Å². The Hall–Kier alpha value is -3.71. The van der Waals surface area contributed by atoms with Gasteiger partial charge in [0.2, 0.25) is 6.79 Å². The van der Waals surface area contributed by atoms with Crippen molar-refractivity contribution in [3.05, 3.63) is 89.0 Å². The van der Waals surface area contributed by atoms with Crippen LogP contribution in [-0.2, 0) is 24.4 Å². The van der Waals surface area contributed by atoms with Gasteiger partial charge in [-0.3, -0.25) is 0 Å². The highest BCUT2D eigenvalue weighted by atomic mass is 16.7. The van der Waals surface area contributed by atoms with Crippen LogP contribution < -0.4 is 19.5 Å². The second-order valence-corrected chi connectivity index (χ2v) is 7.79. The molecular formula is C26H27NO6. The molecule has 172 valence electrons. The van der Waals surface area contributed by atoms with Crippen LogP contribution in [0.15, 0.2) is 66.7 Å². The van der Waals surface area contributed by atoms with Crippen LogP contribution >= 0.6 is 0 Å². The predicted molar refractivity (Wildman–Crippen MR) is 122 cm³/mol. The highest BCUT2D eigenvalue weighted by Gasteiger charge is 2.25. The first-order valence-corrected chi connectivity index (χ1v) is 10.8. The number of ether oxygens (including phenoxy) is 4. The van der Waals surface area contributed by atoms with E-state index in [9.17, 15) is 9.90 Å². The Bertz CT molecular complexity index is 1070. The summed E-state index contributed by atoms with van der Waals surface area (Å²) in [5.41, 5.74) is 3.53. The molecule has 7 nitrogen and oxygen atoms in total. The predicted octanol–water partition coefficient (Wildman–Crippen LogP) is 4.13. The summed E-state index contributed by atoms with van der Waals surface area (Å²) in [6.45, 7) is 2.33. The monoisotopic (exact) mass is 449 g/mol. The minimum Gasteiger partial charge on any atom is -0.488 e. The average Bonchev–Trinajstić information content (AvgIpc) is 3.32. The van der Waals surface area contributed by atoms with Crippen molar-refractivity contribution in [3.8, 4) is 17.2 Å². The van der Waals surface area contributed by atoms with Crippen molar-refractivity contribution in [2.75, 3.05) is 13.4 Å². The van der Waals surface area contributed by atoms with Crippen molar-refractivity contribution in [1.29, 1.82) is 0 Å². The van der Waals surface area contributed by atoms with Gasteiger partial charge in [-0.2, -0.15) is 0 Å². The maximum Gasteiger partial charge on any atom is 0.407 e. The van der Waals surface area contributed by atoms with Gasteiger partial charge in [0, 0.05) is 11.1 Å². The third-order valence-corrected chi connectivity index (χ3v) is 5.37. The van der Waals surface area contributed by atoms with Crippen molar-refractivity contribution >= 4 is 6.09 Å². The molecule has 2 N–H and O–H groups in total. The number of rotatable bonds is 9. The van der Waals surface area contributed by atoms with Gasteiger partial charge in [-0.25, -0.2) is 4.79 Å². The first kappa shape index (κ1) is 22.5. The number of aliphatic hydroxyl groups excluding tert-OH is 1. The quantitative estimate of drug-likeness (QED) is 0.511. The number of fused-ring (bicyclic) bond motifs is 1. The lowest BCUT2D eigenvalue weighted by Gasteiger charge is -2.20. The molecular weight excluding hydrogens is 422 g/mol. The molecule has 4 rings (SSSR count). The van der Waals surface area contributed by atoms with E-state index in [4.69, 9.17) is 18.9 Å². The summed E-state index contributed by atoms with van der Waals surface area (Å²) in [5, 5.41) is 12.7. The molecule has 1 atom stereocenters. The van der Waals surface area contributed by atoms with Gasteiger partial charge in [-0.1, -0.05) is 60.7 Å². The largest absolute Gasteiger partial charge is 0.488 e. The molecule has 7 heteroatoms. The zero-order chi connectivity index (χ0) is 23.0. The molecule has 0 spiro atoms. The van der Waals surface area contributed by atoms with Crippen LogP contribution in [0, 0.1) is 6.92 Å². The van der Waals surface area contributed by atoms with E-state index in [0.29, 0.717) is 30.3 Å². The molecule has 33 heavy (non-hydrogen) atoms. The Morgan fingerprint density at radius 3 is 2.36 bits per heavy atom. The molecule has 1 amide bonds. The van der Waals surface area contributed by atoms with E-state index in [-0.39, 0.29) is 20.0 Å². The van der Waals surface area contributed by atoms with Gasteiger partial charge in [0.05, 0.1) is 12.6 Å². The van der Waals surface area contributed by atoms with Crippen LogP contribution in [0.3, 0.4) is 0 Å². The topological polar surface area (TPSA) is 86.3 Å². The molecule has 0 saturated carbocycles. The molecule has 0 aliphatic carbocycles. The van der Waals surface area contributed by atoms with Gasteiger partial charge in [0.25, 0.3) is 0 Å². The third kappa shape index (κ3) is 5.75. The molecule has 3 aromatic carbocycles. The summed E-state index contributed by atoms with van der Waals surface area (Å²) < 4.78 is 22.6. The normalized spacial score (nSPS) is 12.8. The number of carbonyl (C=O) groups is 1. The average molecular weight is 450 g/mol. The summed E-state index contributed by atoms with van der Waals surface area (Å²) in [6, 6.07) is 20.5. The van der Waals surface area contributed by atoms with Crippen LogP contribution in [0.5, 0.6) is 17.2 Å². The molecule has 0 unspecified atom stereocenters. The van der Waals surface area contributed by atoms with E-state index in [2.05, 4.69) is 5.32 Å². The zero-order valence-corrected chi connectivity index (χ0v) is 18.5. The van der Waals surface area contributed by atoms with Gasteiger partial charge in [0.1, 0.15) is 19.0 Å². The van der Waals surface area contributed by atoms with E-state index >= 15 is 0 Å². The zero-order valence-electron chi connectivity index (χ0n) is 18.5. The summed E-state index contributed by atoms with van der Waals surface area (Å²) in [7, 11) is 0. The maximum absolute atomic E-state index is 12.3. The van der Waals surface area contributed by atoms with Crippen molar-refractivity contribution in [1.82, 2.24) is 5.32 Å². The molecule has 0 saturated heterocycles. The summed E-state index contributed by atoms with van der Waals surface area (Å²) in [4.78, 5) is 12.3. The summed E-state index contributed by atoms with van der Waals surface area (Å²) in [6.07, 6.45) is -0.263. The molecule has 1 aliphatic heterocycles. The lowest BCUT2D eigenvalue weighted by atomic mass is 10.0. The molecule has 0 radical (unpaired) electrons. The summed E-state index contributed by atoms with van der Waals surface area (Å²) >= 11 is 0. The standard InChI is InChI=1S/C26H27NO6/c1-18-24(30-15-19-8-4-2-5-9-19)21(13-23-25(18)33-17-32-23)12-22(14-28)27-26(29)31-16-20-10-6-3-7-11-20/h2-11,13,22,28H,12,14-17H2,1H3,(H,27,29)/t22-/m0/s1. The lowest BCUT2D eigenvalue weighted by Crippen LogP contribution is -2.39. The molecule has 0 aromatic heterocycles. The highest BCUT2D eigenvalue weighted by Crippen LogP contribution is 2.43. The number of aliphatic hydroxyl groups is 1. The second kappa shape index (κ2) is 10.7. The van der Waals surface area contributed by atoms with E-state index in [0.717, 1.165) is 22.3 Å². The Labute approximate surface area is 192 Å². The van der Waals surface area contributed by atoms with Crippen molar-refractivity contribution in [2.45, 2.75) is 32.6 Å². The van der Waals surface area contributed by atoms with Crippen molar-refractivity contribution in [3.63, 3.8) is 0 Å². The number of hydrogen-bond acceptors (Lipinski definition) is 6. The van der Waals surface area contributed by atoms with Gasteiger partial charge >= 0.3 is 6.09 Å². The molecule has 1 heterocycles. The van der Waals surface area contributed by atoms with E-state index < -0.39 is 12.1 Å². The number of hydrogen-bond donors (Lipinski definition) is 2. The fourth-order valence-electron chi connectivity index (χ4n) is 3.70. The fraction of sp³-hybridized carbons (Fsp3) is 0.269. The van der Waals surface area contributed by atoms with Gasteiger partial charge in [-0.15, -0.1) is 0 Å². The highest BCUT2D eigenvalue weighted by molar-refractivity contribution is 5.68. The van der Waals surface area contributed by atoms with Crippen LogP contribution in [0.1, 0.15) is 22.3 Å². The van der Waals surface area contributed by atoms with Crippen LogP contribution in [0.25, 0.3) is 0 Å². The van der Waals surface area contributed by atoms with Crippen molar-refractivity contribution in [2.24, 2.45) is 0 Å². The number of amides is 1. The van der Waals surface area contributed by atoms with Crippen LogP contribution in [-0.4, -0.2) is 30.6 Å². The minimum atomic E-state index is -0.595. The van der Waals surface area contributed by atoms with E-state index in [1.807, 2.05) is 73.7 Å². The number of alkyl carbamates (subject to hydrolysis) is 1. The smallest absolute Gasteiger partial charge is 0.407 e. The third-order valence-electron chi connectivity index (χ3n) is 5.37. The number of nitrogens with one attached hydrogen (secondary N) is 1. The van der Waals surface area contributed by atoms with Gasteiger partial charge in [-0.05, 0) is 30.5 Å². The molecule has 0 bridgehead atoms. The van der Waals surface area contributed by atoms with Crippen LogP contribution in [0.2, 0.25) is 0 Å². The van der Waals surface area contributed by atoms with E-state index in [1.54, 1.807) is 0 Å². The Kier molecular flexibility index (Phi) is 7.32. The Balaban J connectivity index is 1.46. The first-order chi connectivity index (χ1) is 16.1. The first-order valence-electron chi connectivity index (χ1n) is 10.8. The number of benzene rings is 3. The minimum absolute atomic E-state index is 0.144. The molecule has 0 fully saturated rings. The Morgan fingerprint density at radius 2 is 1.70 bits per heavy atom. The SMILES string of the molecule is Cc1c(OCc2ccccc2)c(C[C@@H](CO)NC(=O)OCc2ccccc2)cc2c1OCO2. The van der Waals surface area contributed by atoms with Gasteiger partial charge in [0.15, 0.2) is 11.5 Å².